The molecule has 118 valence electrons. The Bertz CT molecular complexity index is 923. The SMILES string of the molecule is N.c1ccc(-c2ccc(Nc3cccc4ccccc34)cc2)cc1. The number of fused-ring (bicyclic) bond motifs is 1. The molecule has 0 saturated carbocycles. The summed E-state index contributed by atoms with van der Waals surface area (Å²) in [6.07, 6.45) is 0. The molecule has 4 aromatic carbocycles. The Kier molecular flexibility index (Phi) is 4.59. The van der Waals surface area contributed by atoms with Gasteiger partial charge in [-0.15, -0.1) is 0 Å². The lowest BCUT2D eigenvalue weighted by atomic mass is 10.1. The summed E-state index contributed by atoms with van der Waals surface area (Å²) in [7, 11) is 0. The van der Waals surface area contributed by atoms with Crippen LogP contribution in [-0.4, -0.2) is 0 Å². The second kappa shape index (κ2) is 6.99. The second-order valence-corrected chi connectivity index (χ2v) is 5.60. The number of benzene rings is 4. The maximum atomic E-state index is 3.53. The van der Waals surface area contributed by atoms with Gasteiger partial charge < -0.3 is 11.5 Å². The first-order valence-electron chi connectivity index (χ1n) is 7.80. The fourth-order valence-corrected chi connectivity index (χ4v) is 2.87. The molecule has 2 nitrogen and oxygen atoms in total. The van der Waals surface area contributed by atoms with Crippen molar-refractivity contribution in [1.82, 2.24) is 6.15 Å². The molecule has 4 N–H and O–H groups in total. The second-order valence-electron chi connectivity index (χ2n) is 5.60. The van der Waals surface area contributed by atoms with E-state index in [1.807, 2.05) is 6.07 Å². The minimum Gasteiger partial charge on any atom is -0.355 e. The summed E-state index contributed by atoms with van der Waals surface area (Å²) in [4.78, 5) is 0. The van der Waals surface area contributed by atoms with E-state index in [0.717, 1.165) is 11.4 Å². The fourth-order valence-electron chi connectivity index (χ4n) is 2.87. The molecule has 2 heteroatoms. The van der Waals surface area contributed by atoms with E-state index in [4.69, 9.17) is 0 Å². The first-order chi connectivity index (χ1) is 11.4. The molecule has 0 aliphatic carbocycles. The third-order valence-electron chi connectivity index (χ3n) is 4.06. The Balaban J connectivity index is 0.00000169. The molecule has 0 spiro atoms. The summed E-state index contributed by atoms with van der Waals surface area (Å²) < 4.78 is 0. The standard InChI is InChI=1S/C22H17N.H3N/c1-2-7-17(8-3-1)18-13-15-20(16-14-18)23-22-12-6-10-19-9-4-5-11-21(19)22;/h1-16,23H;1H3. The van der Waals surface area contributed by atoms with Gasteiger partial charge in [0.25, 0.3) is 0 Å². The maximum absolute atomic E-state index is 3.53. The third kappa shape index (κ3) is 3.14. The first kappa shape index (κ1) is 15.8. The minimum atomic E-state index is 0. The lowest BCUT2D eigenvalue weighted by Crippen LogP contribution is -1.91. The summed E-state index contributed by atoms with van der Waals surface area (Å²) in [6.45, 7) is 0. The Hall–Kier alpha value is -3.10. The molecule has 0 fully saturated rings. The van der Waals surface area contributed by atoms with E-state index in [0.29, 0.717) is 0 Å². The van der Waals surface area contributed by atoms with Crippen LogP contribution in [0.15, 0.2) is 97.1 Å². The van der Waals surface area contributed by atoms with Crippen LogP contribution in [0.1, 0.15) is 0 Å². The molecular formula is C22H20N2. The van der Waals surface area contributed by atoms with Gasteiger partial charge in [-0.25, -0.2) is 0 Å². The van der Waals surface area contributed by atoms with Gasteiger partial charge in [-0.2, -0.15) is 0 Å². The number of hydrogen-bond donors (Lipinski definition) is 2. The van der Waals surface area contributed by atoms with Crippen molar-refractivity contribution in [2.45, 2.75) is 0 Å². The topological polar surface area (TPSA) is 47.0 Å². The van der Waals surface area contributed by atoms with E-state index >= 15 is 0 Å². The van der Waals surface area contributed by atoms with Crippen LogP contribution >= 0.6 is 0 Å². The number of rotatable bonds is 3. The normalized spacial score (nSPS) is 10.2. The minimum absolute atomic E-state index is 0. The average Bonchev–Trinajstić information content (AvgIpc) is 2.63. The van der Waals surface area contributed by atoms with Crippen LogP contribution in [-0.2, 0) is 0 Å². The zero-order valence-electron chi connectivity index (χ0n) is 13.4. The van der Waals surface area contributed by atoms with Gasteiger partial charge >= 0.3 is 0 Å². The summed E-state index contributed by atoms with van der Waals surface area (Å²) >= 11 is 0. The molecule has 4 aromatic rings. The van der Waals surface area contributed by atoms with Crippen LogP contribution in [0, 0.1) is 0 Å². The molecule has 0 aromatic heterocycles. The average molecular weight is 312 g/mol. The highest BCUT2D eigenvalue weighted by Gasteiger charge is 2.01. The lowest BCUT2D eigenvalue weighted by Gasteiger charge is -2.10. The van der Waals surface area contributed by atoms with Gasteiger partial charge in [0.05, 0.1) is 0 Å². The molecule has 0 aliphatic rings. The lowest BCUT2D eigenvalue weighted by molar-refractivity contribution is 1.56. The monoisotopic (exact) mass is 312 g/mol. The van der Waals surface area contributed by atoms with Crippen LogP contribution in [0.4, 0.5) is 11.4 Å². The van der Waals surface area contributed by atoms with Crippen LogP contribution in [0.3, 0.4) is 0 Å². The largest absolute Gasteiger partial charge is 0.355 e. The van der Waals surface area contributed by atoms with Crippen molar-refractivity contribution in [3.05, 3.63) is 97.1 Å². The van der Waals surface area contributed by atoms with Gasteiger partial charge in [0.1, 0.15) is 0 Å². The van der Waals surface area contributed by atoms with Crippen molar-refractivity contribution in [1.29, 1.82) is 0 Å². The van der Waals surface area contributed by atoms with Crippen molar-refractivity contribution in [3.8, 4) is 11.1 Å². The molecule has 0 atom stereocenters. The van der Waals surface area contributed by atoms with E-state index in [1.54, 1.807) is 0 Å². The van der Waals surface area contributed by atoms with Crippen LogP contribution in [0.25, 0.3) is 21.9 Å². The van der Waals surface area contributed by atoms with Gasteiger partial charge in [0, 0.05) is 16.8 Å². The van der Waals surface area contributed by atoms with Gasteiger partial charge in [-0.05, 0) is 34.7 Å². The van der Waals surface area contributed by atoms with Crippen molar-refractivity contribution >= 4 is 22.1 Å². The van der Waals surface area contributed by atoms with Gasteiger partial charge in [-0.3, -0.25) is 0 Å². The highest BCUT2D eigenvalue weighted by atomic mass is 14.9. The fraction of sp³-hybridized carbons (Fsp3) is 0. The van der Waals surface area contributed by atoms with E-state index in [9.17, 15) is 0 Å². The molecule has 0 saturated heterocycles. The van der Waals surface area contributed by atoms with Crippen LogP contribution < -0.4 is 11.5 Å². The molecule has 0 aliphatic heterocycles. The quantitative estimate of drug-likeness (QED) is 0.459. The maximum Gasteiger partial charge on any atom is 0.0463 e. The van der Waals surface area contributed by atoms with Crippen molar-refractivity contribution in [2.24, 2.45) is 0 Å². The summed E-state index contributed by atoms with van der Waals surface area (Å²) in [5.41, 5.74) is 4.70. The van der Waals surface area contributed by atoms with Gasteiger partial charge in [-0.1, -0.05) is 78.9 Å². The van der Waals surface area contributed by atoms with E-state index < -0.39 is 0 Å². The summed E-state index contributed by atoms with van der Waals surface area (Å²) in [6, 6.07) is 33.8. The molecular weight excluding hydrogens is 292 g/mol. The zero-order chi connectivity index (χ0) is 15.5. The molecule has 0 radical (unpaired) electrons. The van der Waals surface area contributed by atoms with Crippen LogP contribution in [0.2, 0.25) is 0 Å². The van der Waals surface area contributed by atoms with E-state index in [1.165, 1.54) is 21.9 Å². The first-order valence-corrected chi connectivity index (χ1v) is 7.80. The van der Waals surface area contributed by atoms with Gasteiger partial charge in [0.15, 0.2) is 0 Å². The Labute approximate surface area is 142 Å². The van der Waals surface area contributed by atoms with Crippen molar-refractivity contribution < 1.29 is 0 Å². The highest BCUT2D eigenvalue weighted by Crippen LogP contribution is 2.27. The van der Waals surface area contributed by atoms with Crippen molar-refractivity contribution in [3.63, 3.8) is 0 Å². The van der Waals surface area contributed by atoms with E-state index in [-0.39, 0.29) is 6.15 Å². The Morgan fingerprint density at radius 2 is 1.12 bits per heavy atom. The number of hydrogen-bond acceptors (Lipinski definition) is 2. The number of nitrogens with one attached hydrogen (secondary N) is 1. The molecule has 0 heterocycles. The van der Waals surface area contributed by atoms with Crippen molar-refractivity contribution in [2.75, 3.05) is 5.32 Å². The molecule has 24 heavy (non-hydrogen) atoms. The zero-order valence-corrected chi connectivity index (χ0v) is 13.4. The predicted octanol–water partition coefficient (Wildman–Crippen LogP) is 6.41. The van der Waals surface area contributed by atoms with Gasteiger partial charge in [0.2, 0.25) is 0 Å². The summed E-state index contributed by atoms with van der Waals surface area (Å²) in [5, 5.41) is 6.01. The smallest absolute Gasteiger partial charge is 0.0463 e. The number of anilines is 2. The molecule has 4 rings (SSSR count). The molecule has 0 unspecified atom stereocenters. The van der Waals surface area contributed by atoms with E-state index in [2.05, 4.69) is 96.3 Å². The predicted molar refractivity (Wildman–Crippen MR) is 104 cm³/mol. The Morgan fingerprint density at radius 1 is 0.500 bits per heavy atom. The Morgan fingerprint density at radius 3 is 1.92 bits per heavy atom. The third-order valence-corrected chi connectivity index (χ3v) is 4.06. The molecule has 0 amide bonds. The summed E-state index contributed by atoms with van der Waals surface area (Å²) in [5.74, 6) is 0. The highest BCUT2D eigenvalue weighted by molar-refractivity contribution is 5.95. The van der Waals surface area contributed by atoms with Crippen LogP contribution in [0.5, 0.6) is 0 Å². The molecule has 0 bridgehead atoms.